The highest BCUT2D eigenvalue weighted by Gasteiger charge is 2.34. The van der Waals surface area contributed by atoms with Crippen LogP contribution >= 0.6 is 0 Å². The summed E-state index contributed by atoms with van der Waals surface area (Å²) >= 11 is 0. The zero-order chi connectivity index (χ0) is 13.6. The van der Waals surface area contributed by atoms with Crippen LogP contribution in [0.4, 0.5) is 0 Å². The molecule has 2 aromatic rings. The van der Waals surface area contributed by atoms with Gasteiger partial charge in [0.25, 0.3) is 0 Å². The number of oxime groups is 1. The number of benzene rings is 1. The summed E-state index contributed by atoms with van der Waals surface area (Å²) in [7, 11) is 1.57. The molecular weight excluding hydrogens is 238 g/mol. The number of fused-ring (bicyclic) bond motifs is 3. The molecule has 1 aromatic carbocycles. The predicted octanol–water partition coefficient (Wildman–Crippen LogP) is 3.09. The molecule has 0 radical (unpaired) electrons. The first-order valence-corrected chi connectivity index (χ1v) is 6.34. The minimum absolute atomic E-state index is 0.0167. The monoisotopic (exact) mass is 255 g/mol. The molecule has 0 saturated heterocycles. The Balaban J connectivity index is 2.31. The van der Waals surface area contributed by atoms with Gasteiger partial charge in [0.2, 0.25) is 0 Å². The summed E-state index contributed by atoms with van der Waals surface area (Å²) < 4.78 is 0. The van der Waals surface area contributed by atoms with Crippen LogP contribution in [0.2, 0.25) is 0 Å². The lowest BCUT2D eigenvalue weighted by molar-refractivity contribution is 0.214. The van der Waals surface area contributed by atoms with E-state index in [1.165, 1.54) is 0 Å². The fraction of sp³-hybridized carbons (Fsp3) is 0.333. The van der Waals surface area contributed by atoms with Crippen molar-refractivity contribution in [2.45, 2.75) is 26.2 Å². The van der Waals surface area contributed by atoms with Crippen LogP contribution in [0.1, 0.15) is 37.6 Å². The van der Waals surface area contributed by atoms with Gasteiger partial charge in [-0.2, -0.15) is 5.10 Å². The zero-order valence-electron chi connectivity index (χ0n) is 11.6. The molecule has 1 heterocycles. The molecule has 0 bridgehead atoms. The Morgan fingerprint density at radius 1 is 1.16 bits per heavy atom. The van der Waals surface area contributed by atoms with E-state index in [0.29, 0.717) is 0 Å². The fourth-order valence-corrected chi connectivity index (χ4v) is 2.53. The molecule has 4 heteroatoms. The molecular formula is C15H17N3O. The molecule has 4 nitrogen and oxygen atoms in total. The third-order valence-electron chi connectivity index (χ3n) is 3.37. The highest BCUT2D eigenvalue weighted by Crippen LogP contribution is 2.40. The van der Waals surface area contributed by atoms with Crippen LogP contribution in [0, 0.1) is 0 Å². The van der Waals surface area contributed by atoms with Gasteiger partial charge in [-0.25, -0.2) is 0 Å². The number of rotatable bonds is 1. The van der Waals surface area contributed by atoms with Crippen molar-refractivity contribution in [1.29, 1.82) is 0 Å². The van der Waals surface area contributed by atoms with Crippen LogP contribution in [0.3, 0.4) is 0 Å². The largest absolute Gasteiger partial charge is 0.399 e. The van der Waals surface area contributed by atoms with Crippen LogP contribution in [-0.2, 0) is 10.3 Å². The lowest BCUT2D eigenvalue weighted by Crippen LogP contribution is -2.16. The van der Waals surface area contributed by atoms with Crippen LogP contribution in [0.25, 0.3) is 11.3 Å². The molecule has 1 aliphatic carbocycles. The average molecular weight is 255 g/mol. The molecule has 1 aliphatic rings. The third-order valence-corrected chi connectivity index (χ3v) is 3.37. The molecule has 1 aromatic heterocycles. The van der Waals surface area contributed by atoms with Crippen molar-refractivity contribution in [2.24, 2.45) is 5.16 Å². The molecule has 0 saturated carbocycles. The highest BCUT2D eigenvalue weighted by molar-refractivity contribution is 6.24. The number of hydrogen-bond donors (Lipinski definition) is 1. The summed E-state index contributed by atoms with van der Waals surface area (Å²) in [5.41, 5.74) is 6.17. The molecule has 19 heavy (non-hydrogen) atoms. The summed E-state index contributed by atoms with van der Waals surface area (Å²) in [4.78, 5) is 5.02. The van der Waals surface area contributed by atoms with E-state index >= 15 is 0 Å². The predicted molar refractivity (Wildman–Crippen MR) is 75.4 cm³/mol. The topological polar surface area (TPSA) is 50.3 Å². The highest BCUT2D eigenvalue weighted by atomic mass is 16.6. The molecule has 0 spiro atoms. The smallest absolute Gasteiger partial charge is 0.122 e. The first-order valence-electron chi connectivity index (χ1n) is 6.34. The molecule has 0 fully saturated rings. The van der Waals surface area contributed by atoms with Gasteiger partial charge in [-0.3, -0.25) is 5.10 Å². The summed E-state index contributed by atoms with van der Waals surface area (Å²) in [6.07, 6.45) is 0. The van der Waals surface area contributed by atoms with Crippen molar-refractivity contribution in [3.63, 3.8) is 0 Å². The Morgan fingerprint density at radius 2 is 1.84 bits per heavy atom. The Kier molecular flexibility index (Phi) is 2.49. The molecule has 3 rings (SSSR count). The maximum absolute atomic E-state index is 5.02. The van der Waals surface area contributed by atoms with Gasteiger partial charge in [0.05, 0.1) is 11.3 Å². The lowest BCUT2D eigenvalue weighted by atomic mass is 9.88. The second-order valence-electron chi connectivity index (χ2n) is 5.74. The Labute approximate surface area is 112 Å². The van der Waals surface area contributed by atoms with Crippen LogP contribution in [0.5, 0.6) is 0 Å². The van der Waals surface area contributed by atoms with Crippen molar-refractivity contribution < 1.29 is 4.84 Å². The van der Waals surface area contributed by atoms with Gasteiger partial charge in [0.15, 0.2) is 0 Å². The van der Waals surface area contributed by atoms with Crippen molar-refractivity contribution >= 4 is 5.71 Å². The Morgan fingerprint density at radius 3 is 2.47 bits per heavy atom. The van der Waals surface area contributed by atoms with E-state index in [9.17, 15) is 0 Å². The van der Waals surface area contributed by atoms with Gasteiger partial charge in [-0.05, 0) is 0 Å². The number of H-pyrrole nitrogens is 1. The summed E-state index contributed by atoms with van der Waals surface area (Å²) in [6, 6.07) is 8.15. The van der Waals surface area contributed by atoms with Crippen molar-refractivity contribution in [3.05, 3.63) is 41.1 Å². The number of aromatic amines is 1. The number of nitrogens with one attached hydrogen (secondary N) is 1. The lowest BCUT2D eigenvalue weighted by Gasteiger charge is -2.17. The third kappa shape index (κ3) is 1.67. The standard InChI is InChI=1S/C15H17N3O/c1-15(2,3)14-11-12(16-17-14)9-7-5-6-8-10(9)13(11)18-19-4/h5-8H,1-4H3,(H,16,17)/b18-13+. The van der Waals surface area contributed by atoms with E-state index in [1.807, 2.05) is 12.1 Å². The maximum atomic E-state index is 5.02. The second kappa shape index (κ2) is 3.95. The minimum atomic E-state index is -0.0167. The second-order valence-corrected chi connectivity index (χ2v) is 5.74. The molecule has 98 valence electrons. The SMILES string of the molecule is CO/N=C1\c2ccccc2-c2n[nH]c(C(C)(C)C)c21. The van der Waals surface area contributed by atoms with Crippen molar-refractivity contribution in [1.82, 2.24) is 10.2 Å². The molecule has 0 unspecified atom stereocenters. The van der Waals surface area contributed by atoms with E-state index in [0.717, 1.165) is 33.8 Å². The van der Waals surface area contributed by atoms with E-state index in [1.54, 1.807) is 7.11 Å². The Hall–Kier alpha value is -2.10. The molecule has 0 atom stereocenters. The van der Waals surface area contributed by atoms with Crippen LogP contribution < -0.4 is 0 Å². The van der Waals surface area contributed by atoms with Crippen LogP contribution in [0.15, 0.2) is 29.4 Å². The van der Waals surface area contributed by atoms with E-state index in [-0.39, 0.29) is 5.41 Å². The summed E-state index contributed by atoms with van der Waals surface area (Å²) in [6.45, 7) is 6.48. The Bertz CT molecular complexity index is 662. The van der Waals surface area contributed by atoms with Gasteiger partial charge < -0.3 is 4.84 Å². The van der Waals surface area contributed by atoms with Gasteiger partial charge in [0.1, 0.15) is 18.5 Å². The average Bonchev–Trinajstić information content (AvgIpc) is 2.90. The van der Waals surface area contributed by atoms with Crippen molar-refractivity contribution in [2.75, 3.05) is 7.11 Å². The maximum Gasteiger partial charge on any atom is 0.122 e. The summed E-state index contributed by atoms with van der Waals surface area (Å²) in [5.74, 6) is 0. The van der Waals surface area contributed by atoms with E-state index < -0.39 is 0 Å². The molecule has 0 amide bonds. The van der Waals surface area contributed by atoms with E-state index in [4.69, 9.17) is 4.84 Å². The minimum Gasteiger partial charge on any atom is -0.399 e. The normalized spacial score (nSPS) is 15.5. The van der Waals surface area contributed by atoms with Gasteiger partial charge >= 0.3 is 0 Å². The van der Waals surface area contributed by atoms with Gasteiger partial charge in [-0.1, -0.05) is 50.2 Å². The van der Waals surface area contributed by atoms with E-state index in [2.05, 4.69) is 48.3 Å². The molecule has 0 aliphatic heterocycles. The summed E-state index contributed by atoms with van der Waals surface area (Å²) in [5, 5.41) is 11.8. The first-order chi connectivity index (χ1) is 9.04. The van der Waals surface area contributed by atoms with Crippen molar-refractivity contribution in [3.8, 4) is 11.3 Å². The number of nitrogens with zero attached hydrogens (tertiary/aromatic N) is 2. The zero-order valence-corrected chi connectivity index (χ0v) is 11.6. The fourth-order valence-electron chi connectivity index (χ4n) is 2.53. The quantitative estimate of drug-likeness (QED) is 0.679. The van der Waals surface area contributed by atoms with Crippen LogP contribution in [-0.4, -0.2) is 23.0 Å². The number of aromatic nitrogens is 2. The van der Waals surface area contributed by atoms with Gasteiger partial charge in [-0.15, -0.1) is 0 Å². The first kappa shape index (κ1) is 12.0. The molecule has 1 N–H and O–H groups in total. The number of hydrogen-bond acceptors (Lipinski definition) is 3. The van der Waals surface area contributed by atoms with Gasteiger partial charge in [0, 0.05) is 16.5 Å².